The maximum absolute atomic E-state index is 9.88. The third-order valence-electron chi connectivity index (χ3n) is 2.53. The molecule has 0 bridgehead atoms. The van der Waals surface area contributed by atoms with E-state index < -0.39 is 0 Å². The fraction of sp³-hybridized carbons (Fsp3) is 0.500. The lowest BCUT2D eigenvalue weighted by Gasteiger charge is -2.22. The van der Waals surface area contributed by atoms with Crippen molar-refractivity contribution in [2.45, 2.75) is 39.7 Å². The summed E-state index contributed by atoms with van der Waals surface area (Å²) in [5.41, 5.74) is 8.60. The zero-order valence-corrected chi connectivity index (χ0v) is 10.4. The summed E-state index contributed by atoms with van der Waals surface area (Å²) in [5.74, 6) is 0.165. The van der Waals surface area contributed by atoms with E-state index >= 15 is 0 Å². The molecule has 1 rings (SSSR count). The minimum absolute atomic E-state index is 0.165. The monoisotopic (exact) mass is 227 g/mol. The van der Waals surface area contributed by atoms with E-state index in [-0.39, 0.29) is 11.3 Å². The van der Waals surface area contributed by atoms with Gasteiger partial charge in [0.15, 0.2) is 0 Å². The highest BCUT2D eigenvalue weighted by Gasteiger charge is 2.19. The van der Waals surface area contributed by atoms with Crippen molar-refractivity contribution in [3.8, 4) is 5.75 Å². The predicted molar refractivity (Wildman–Crippen MR) is 64.6 cm³/mol. The van der Waals surface area contributed by atoms with Crippen LogP contribution < -0.4 is 5.73 Å². The number of hydrogen-bond acceptors (Lipinski definition) is 2. The first-order valence-electron chi connectivity index (χ1n) is 4.99. The molecule has 0 aromatic heterocycles. The first-order valence-corrected chi connectivity index (χ1v) is 5.36. The van der Waals surface area contributed by atoms with Gasteiger partial charge in [0.05, 0.1) is 5.02 Å². The Bertz CT molecular complexity index is 354. The number of benzene rings is 1. The molecule has 0 heterocycles. The maximum atomic E-state index is 9.88. The van der Waals surface area contributed by atoms with Crippen molar-refractivity contribution in [1.82, 2.24) is 0 Å². The lowest BCUT2D eigenvalue weighted by atomic mass is 9.91. The van der Waals surface area contributed by atoms with Crippen LogP contribution >= 0.6 is 11.6 Å². The first-order chi connectivity index (χ1) is 6.72. The van der Waals surface area contributed by atoms with Gasteiger partial charge in [0.1, 0.15) is 5.75 Å². The highest BCUT2D eigenvalue weighted by molar-refractivity contribution is 6.32. The highest BCUT2D eigenvalue weighted by atomic mass is 35.5. The van der Waals surface area contributed by atoms with Gasteiger partial charge in [-0.05, 0) is 51.3 Å². The SMILES string of the molecule is Cc1cc(Cl)c(O)c(CC(C)(C)N)c1C. The molecule has 3 heteroatoms. The fourth-order valence-electron chi connectivity index (χ4n) is 1.60. The number of aromatic hydroxyl groups is 1. The minimum Gasteiger partial charge on any atom is -0.506 e. The standard InChI is InChI=1S/C12H18ClNO/c1-7-5-10(13)11(15)9(8(7)2)6-12(3,4)14/h5,15H,6,14H2,1-4H3. The largest absolute Gasteiger partial charge is 0.506 e. The fourth-order valence-corrected chi connectivity index (χ4v) is 1.88. The average molecular weight is 228 g/mol. The molecule has 15 heavy (non-hydrogen) atoms. The van der Waals surface area contributed by atoms with Crippen molar-refractivity contribution < 1.29 is 5.11 Å². The Morgan fingerprint density at radius 1 is 1.40 bits per heavy atom. The van der Waals surface area contributed by atoms with E-state index in [1.54, 1.807) is 6.07 Å². The van der Waals surface area contributed by atoms with Crippen molar-refractivity contribution in [2.75, 3.05) is 0 Å². The van der Waals surface area contributed by atoms with Gasteiger partial charge in [0, 0.05) is 11.1 Å². The third-order valence-corrected chi connectivity index (χ3v) is 2.82. The molecular weight excluding hydrogens is 210 g/mol. The minimum atomic E-state index is -0.348. The van der Waals surface area contributed by atoms with E-state index in [0.29, 0.717) is 11.4 Å². The molecule has 3 N–H and O–H groups in total. The summed E-state index contributed by atoms with van der Waals surface area (Å²) >= 11 is 5.93. The summed E-state index contributed by atoms with van der Waals surface area (Å²) in [6.45, 7) is 7.82. The van der Waals surface area contributed by atoms with E-state index in [1.165, 1.54) is 0 Å². The Hall–Kier alpha value is -0.730. The van der Waals surface area contributed by atoms with Crippen molar-refractivity contribution in [2.24, 2.45) is 5.73 Å². The summed E-state index contributed by atoms with van der Waals surface area (Å²) in [6, 6.07) is 1.78. The molecule has 1 aromatic carbocycles. The highest BCUT2D eigenvalue weighted by Crippen LogP contribution is 2.34. The van der Waals surface area contributed by atoms with E-state index in [9.17, 15) is 5.11 Å². The second-order valence-electron chi connectivity index (χ2n) is 4.79. The van der Waals surface area contributed by atoms with E-state index in [2.05, 4.69) is 0 Å². The second-order valence-corrected chi connectivity index (χ2v) is 5.20. The summed E-state index contributed by atoms with van der Waals surface area (Å²) < 4.78 is 0. The average Bonchev–Trinajstić information content (AvgIpc) is 2.08. The van der Waals surface area contributed by atoms with Gasteiger partial charge in [-0.2, -0.15) is 0 Å². The van der Waals surface area contributed by atoms with E-state index in [1.807, 2.05) is 27.7 Å². The Kier molecular flexibility index (Phi) is 3.31. The smallest absolute Gasteiger partial charge is 0.137 e. The molecule has 0 aliphatic heterocycles. The van der Waals surface area contributed by atoms with Crippen LogP contribution in [-0.2, 0) is 6.42 Å². The number of phenolic OH excluding ortho intramolecular Hbond substituents is 1. The summed E-state index contributed by atoms with van der Waals surface area (Å²) in [5, 5.41) is 10.3. The molecule has 84 valence electrons. The zero-order chi connectivity index (χ0) is 11.8. The molecule has 0 spiro atoms. The van der Waals surface area contributed by atoms with Gasteiger partial charge in [-0.3, -0.25) is 0 Å². The Morgan fingerprint density at radius 2 is 1.93 bits per heavy atom. The van der Waals surface area contributed by atoms with Crippen LogP contribution in [0.1, 0.15) is 30.5 Å². The molecule has 0 unspecified atom stereocenters. The summed E-state index contributed by atoms with van der Waals surface area (Å²) in [4.78, 5) is 0. The molecule has 0 radical (unpaired) electrons. The summed E-state index contributed by atoms with van der Waals surface area (Å²) in [6.07, 6.45) is 0.617. The van der Waals surface area contributed by atoms with Crippen LogP contribution in [0.2, 0.25) is 5.02 Å². The number of phenols is 1. The van der Waals surface area contributed by atoms with Crippen LogP contribution in [-0.4, -0.2) is 10.6 Å². The molecule has 0 saturated carbocycles. The van der Waals surface area contributed by atoms with Gasteiger partial charge in [0.25, 0.3) is 0 Å². The van der Waals surface area contributed by atoms with Crippen molar-refractivity contribution in [3.05, 3.63) is 27.8 Å². The topological polar surface area (TPSA) is 46.2 Å². The molecule has 0 aliphatic rings. The molecule has 0 amide bonds. The van der Waals surface area contributed by atoms with Crippen LogP contribution in [0, 0.1) is 13.8 Å². The third kappa shape index (κ3) is 2.86. The molecule has 2 nitrogen and oxygen atoms in total. The number of hydrogen-bond donors (Lipinski definition) is 2. The Balaban J connectivity index is 3.27. The van der Waals surface area contributed by atoms with Gasteiger partial charge in [-0.15, -0.1) is 0 Å². The Morgan fingerprint density at radius 3 is 2.40 bits per heavy atom. The molecule has 0 atom stereocenters. The lowest BCUT2D eigenvalue weighted by Crippen LogP contribution is -2.34. The number of aryl methyl sites for hydroxylation is 1. The quantitative estimate of drug-likeness (QED) is 0.816. The molecule has 0 fully saturated rings. The normalized spacial score (nSPS) is 11.9. The number of rotatable bonds is 2. The van der Waals surface area contributed by atoms with Crippen LogP contribution in [0.5, 0.6) is 5.75 Å². The summed E-state index contributed by atoms with van der Waals surface area (Å²) in [7, 11) is 0. The Labute approximate surface area is 96.1 Å². The van der Waals surface area contributed by atoms with Crippen LogP contribution in [0.25, 0.3) is 0 Å². The van der Waals surface area contributed by atoms with Gasteiger partial charge in [0.2, 0.25) is 0 Å². The maximum Gasteiger partial charge on any atom is 0.137 e. The molecular formula is C12H18ClNO. The van der Waals surface area contributed by atoms with Crippen LogP contribution in [0.3, 0.4) is 0 Å². The van der Waals surface area contributed by atoms with Crippen LogP contribution in [0.15, 0.2) is 6.07 Å². The van der Waals surface area contributed by atoms with Crippen molar-refractivity contribution >= 4 is 11.6 Å². The van der Waals surface area contributed by atoms with Gasteiger partial charge < -0.3 is 10.8 Å². The van der Waals surface area contributed by atoms with Gasteiger partial charge >= 0.3 is 0 Å². The van der Waals surface area contributed by atoms with Gasteiger partial charge in [-0.1, -0.05) is 11.6 Å². The van der Waals surface area contributed by atoms with E-state index in [4.69, 9.17) is 17.3 Å². The van der Waals surface area contributed by atoms with Crippen LogP contribution in [0.4, 0.5) is 0 Å². The lowest BCUT2D eigenvalue weighted by molar-refractivity contribution is 0.448. The molecule has 0 saturated heterocycles. The zero-order valence-electron chi connectivity index (χ0n) is 9.69. The first kappa shape index (κ1) is 12.3. The molecule has 1 aromatic rings. The van der Waals surface area contributed by atoms with Crippen molar-refractivity contribution in [3.63, 3.8) is 0 Å². The second kappa shape index (κ2) is 4.03. The van der Waals surface area contributed by atoms with Crippen molar-refractivity contribution in [1.29, 1.82) is 0 Å². The van der Waals surface area contributed by atoms with E-state index in [0.717, 1.165) is 16.7 Å². The molecule has 0 aliphatic carbocycles. The number of halogens is 1. The predicted octanol–water partition coefficient (Wildman–Crippen LogP) is 2.94. The number of nitrogens with two attached hydrogens (primary N) is 1. The van der Waals surface area contributed by atoms with Gasteiger partial charge in [-0.25, -0.2) is 0 Å².